The van der Waals surface area contributed by atoms with E-state index in [0.717, 1.165) is 12.1 Å². The van der Waals surface area contributed by atoms with E-state index in [1.165, 1.54) is 15.7 Å². The van der Waals surface area contributed by atoms with Crippen LogP contribution in [0, 0.1) is 17.5 Å². The van der Waals surface area contributed by atoms with Crippen LogP contribution in [-0.2, 0) is 11.5 Å². The lowest BCUT2D eigenvalue weighted by Crippen LogP contribution is -2.27. The van der Waals surface area contributed by atoms with Gasteiger partial charge < -0.3 is 9.47 Å². The van der Waals surface area contributed by atoms with Gasteiger partial charge >= 0.3 is 0 Å². The van der Waals surface area contributed by atoms with E-state index in [-0.39, 0.29) is 41.5 Å². The Balaban J connectivity index is 1.78. The molecule has 1 unspecified atom stereocenters. The van der Waals surface area contributed by atoms with Gasteiger partial charge in [0.1, 0.15) is 5.15 Å². The van der Waals surface area contributed by atoms with Crippen molar-refractivity contribution in [1.82, 2.24) is 14.5 Å². The Morgan fingerprint density at radius 1 is 1.22 bits per heavy atom. The zero-order valence-corrected chi connectivity index (χ0v) is 13.1. The molecule has 1 aromatic carbocycles. The Morgan fingerprint density at radius 2 is 1.87 bits per heavy atom. The zero-order valence-electron chi connectivity index (χ0n) is 11.6. The number of halogens is 5. The van der Waals surface area contributed by atoms with Crippen molar-refractivity contribution in [3.05, 3.63) is 51.8 Å². The Kier molecular flexibility index (Phi) is 4.25. The molecule has 0 radical (unpaired) electrons. The van der Waals surface area contributed by atoms with Crippen LogP contribution in [0.3, 0.4) is 0 Å². The molecular formula is C14H10Cl2F3N3O. The molecule has 0 spiro atoms. The van der Waals surface area contributed by atoms with Crippen LogP contribution in [0.25, 0.3) is 0 Å². The lowest BCUT2D eigenvalue weighted by Gasteiger charge is -2.18. The van der Waals surface area contributed by atoms with Crippen LogP contribution >= 0.6 is 23.2 Å². The lowest BCUT2D eigenvalue weighted by molar-refractivity contribution is -0.129. The topological polar surface area (TPSA) is 38.1 Å². The van der Waals surface area contributed by atoms with Gasteiger partial charge in [-0.1, -0.05) is 11.6 Å². The highest BCUT2D eigenvalue weighted by molar-refractivity contribution is 6.32. The third-order valence-corrected chi connectivity index (χ3v) is 4.20. The van der Waals surface area contributed by atoms with Crippen molar-refractivity contribution in [2.75, 3.05) is 6.54 Å². The van der Waals surface area contributed by atoms with Crippen LogP contribution in [0.2, 0.25) is 10.4 Å². The Morgan fingerprint density at radius 3 is 2.43 bits per heavy atom. The first-order valence-corrected chi connectivity index (χ1v) is 7.41. The first-order chi connectivity index (χ1) is 10.8. The molecule has 0 N–H and O–H groups in total. The Labute approximate surface area is 139 Å². The van der Waals surface area contributed by atoms with Gasteiger partial charge in [-0.15, -0.1) is 0 Å². The average Bonchev–Trinajstić information content (AvgIpc) is 2.99. The van der Waals surface area contributed by atoms with E-state index in [1.807, 2.05) is 0 Å². The highest BCUT2D eigenvalue weighted by Crippen LogP contribution is 2.30. The highest BCUT2D eigenvalue weighted by atomic mass is 35.5. The minimum absolute atomic E-state index is 0.0740. The molecule has 1 atom stereocenters. The minimum Gasteiger partial charge on any atom is -0.324 e. The Bertz CT molecular complexity index is 758. The van der Waals surface area contributed by atoms with Crippen molar-refractivity contribution in [1.29, 1.82) is 0 Å². The average molecular weight is 364 g/mol. The fourth-order valence-corrected chi connectivity index (χ4v) is 3.02. The van der Waals surface area contributed by atoms with Crippen molar-refractivity contribution in [3.63, 3.8) is 0 Å². The van der Waals surface area contributed by atoms with Gasteiger partial charge in [-0.3, -0.25) is 4.79 Å². The molecule has 1 aliphatic rings. The molecule has 3 rings (SSSR count). The zero-order chi connectivity index (χ0) is 16.7. The molecular weight excluding hydrogens is 354 g/mol. The van der Waals surface area contributed by atoms with E-state index < -0.39 is 23.4 Å². The molecule has 1 saturated heterocycles. The van der Waals surface area contributed by atoms with Crippen molar-refractivity contribution >= 4 is 29.1 Å². The van der Waals surface area contributed by atoms with Crippen LogP contribution in [0.4, 0.5) is 13.2 Å². The number of benzene rings is 1. The highest BCUT2D eigenvalue weighted by Gasteiger charge is 2.32. The molecule has 1 aliphatic heterocycles. The van der Waals surface area contributed by atoms with Gasteiger partial charge in [0.25, 0.3) is 0 Å². The van der Waals surface area contributed by atoms with E-state index in [9.17, 15) is 18.0 Å². The summed E-state index contributed by atoms with van der Waals surface area (Å²) in [5.41, 5.74) is 0.243. The van der Waals surface area contributed by atoms with E-state index in [1.54, 1.807) is 0 Å². The van der Waals surface area contributed by atoms with Crippen LogP contribution < -0.4 is 0 Å². The fraction of sp³-hybridized carbons (Fsp3) is 0.286. The van der Waals surface area contributed by atoms with Crippen LogP contribution in [0.5, 0.6) is 0 Å². The SMILES string of the molecule is O=C1CC(c2cc(F)c(F)c(F)c2)CN1Cn1cc(Cl)nc1Cl. The maximum Gasteiger partial charge on any atom is 0.224 e. The summed E-state index contributed by atoms with van der Waals surface area (Å²) < 4.78 is 41.2. The number of amides is 1. The van der Waals surface area contributed by atoms with Crippen molar-refractivity contribution in [2.45, 2.75) is 19.0 Å². The predicted octanol–water partition coefficient (Wildman–Crippen LogP) is 3.58. The van der Waals surface area contributed by atoms with E-state index in [2.05, 4.69) is 4.98 Å². The number of hydrogen-bond donors (Lipinski definition) is 0. The summed E-state index contributed by atoms with van der Waals surface area (Å²) in [6.07, 6.45) is 1.55. The van der Waals surface area contributed by atoms with Gasteiger partial charge in [-0.05, 0) is 29.3 Å². The predicted molar refractivity (Wildman–Crippen MR) is 77.6 cm³/mol. The summed E-state index contributed by atoms with van der Waals surface area (Å²) in [6.45, 7) is 0.357. The number of aromatic nitrogens is 2. The van der Waals surface area contributed by atoms with Gasteiger partial charge in [-0.25, -0.2) is 18.2 Å². The summed E-state index contributed by atoms with van der Waals surface area (Å²) in [5.74, 6) is -4.69. The number of carbonyl (C=O) groups is 1. The third-order valence-electron chi connectivity index (χ3n) is 3.71. The number of hydrogen-bond acceptors (Lipinski definition) is 2. The molecule has 9 heteroatoms. The molecule has 2 heterocycles. The van der Waals surface area contributed by atoms with E-state index >= 15 is 0 Å². The van der Waals surface area contributed by atoms with Crippen LogP contribution in [0.15, 0.2) is 18.3 Å². The van der Waals surface area contributed by atoms with Gasteiger partial charge in [0.05, 0.1) is 6.67 Å². The summed E-state index contributed by atoms with van der Waals surface area (Å²) >= 11 is 11.6. The largest absolute Gasteiger partial charge is 0.324 e. The number of nitrogens with zero attached hydrogens (tertiary/aromatic N) is 3. The quantitative estimate of drug-likeness (QED) is 0.781. The van der Waals surface area contributed by atoms with Gasteiger partial charge in [0, 0.05) is 25.1 Å². The molecule has 1 fully saturated rings. The lowest BCUT2D eigenvalue weighted by atomic mass is 9.98. The van der Waals surface area contributed by atoms with Gasteiger partial charge in [0.15, 0.2) is 17.5 Å². The number of likely N-dealkylation sites (tertiary alicyclic amines) is 1. The van der Waals surface area contributed by atoms with Gasteiger partial charge in [0.2, 0.25) is 11.2 Å². The summed E-state index contributed by atoms with van der Waals surface area (Å²) in [7, 11) is 0. The smallest absolute Gasteiger partial charge is 0.224 e. The van der Waals surface area contributed by atoms with Crippen molar-refractivity contribution in [2.24, 2.45) is 0 Å². The normalized spacial score (nSPS) is 18.0. The molecule has 0 saturated carbocycles. The monoisotopic (exact) mass is 363 g/mol. The maximum atomic E-state index is 13.3. The molecule has 1 amide bonds. The maximum absolute atomic E-state index is 13.3. The second-order valence-corrected chi connectivity index (χ2v) is 5.98. The van der Waals surface area contributed by atoms with Crippen LogP contribution in [-0.4, -0.2) is 26.9 Å². The first kappa shape index (κ1) is 16.1. The summed E-state index contributed by atoms with van der Waals surface area (Å²) in [6, 6.07) is 1.84. The minimum atomic E-state index is -1.52. The van der Waals surface area contributed by atoms with Crippen LogP contribution in [0.1, 0.15) is 17.9 Å². The molecule has 23 heavy (non-hydrogen) atoms. The molecule has 122 valence electrons. The Hall–Kier alpha value is -1.73. The molecule has 0 aliphatic carbocycles. The number of imidazole rings is 1. The second kappa shape index (κ2) is 6.05. The van der Waals surface area contributed by atoms with Crippen molar-refractivity contribution < 1.29 is 18.0 Å². The molecule has 4 nitrogen and oxygen atoms in total. The van der Waals surface area contributed by atoms with E-state index in [4.69, 9.17) is 23.2 Å². The first-order valence-electron chi connectivity index (χ1n) is 6.65. The standard InChI is InChI=1S/C14H10Cl2F3N3O/c15-11-5-22(14(16)20-11)6-21-4-8(3-12(21)23)7-1-9(17)13(19)10(18)2-7/h1-2,5,8H,3-4,6H2. The third kappa shape index (κ3) is 3.16. The molecule has 0 bridgehead atoms. The fourth-order valence-electron chi connectivity index (χ4n) is 2.59. The summed E-state index contributed by atoms with van der Waals surface area (Å²) in [5, 5.41) is 0.325. The second-order valence-electron chi connectivity index (χ2n) is 5.26. The molecule has 1 aromatic heterocycles. The molecule has 2 aromatic rings. The summed E-state index contributed by atoms with van der Waals surface area (Å²) in [4.78, 5) is 17.3. The number of carbonyl (C=O) groups excluding carboxylic acids is 1. The van der Waals surface area contributed by atoms with Crippen molar-refractivity contribution in [3.8, 4) is 0 Å². The van der Waals surface area contributed by atoms with Gasteiger partial charge in [-0.2, -0.15) is 0 Å². The van der Waals surface area contributed by atoms with E-state index in [0.29, 0.717) is 0 Å². The number of rotatable bonds is 3.